The molecular formula is C51H61N9O10S. The first-order valence-corrected chi connectivity index (χ1v) is 24.3. The first-order chi connectivity index (χ1) is 33.4. The van der Waals surface area contributed by atoms with Gasteiger partial charge in [0.15, 0.2) is 0 Å². The minimum absolute atomic E-state index is 0.00325. The molecule has 4 aromatic carbocycles. The summed E-state index contributed by atoms with van der Waals surface area (Å²) in [6.45, 7) is 11.4. The Bertz CT molecular complexity index is 2800. The van der Waals surface area contributed by atoms with E-state index < -0.39 is 92.9 Å². The van der Waals surface area contributed by atoms with Crippen LogP contribution in [0, 0.1) is 17.8 Å². The van der Waals surface area contributed by atoms with Gasteiger partial charge in [0.25, 0.3) is 15.9 Å². The third kappa shape index (κ3) is 14.9. The zero-order valence-corrected chi connectivity index (χ0v) is 41.9. The third-order valence-corrected chi connectivity index (χ3v) is 13.0. The second-order valence-electron chi connectivity index (χ2n) is 19.3. The van der Waals surface area contributed by atoms with Crippen LogP contribution >= 0.6 is 0 Å². The van der Waals surface area contributed by atoms with Crippen LogP contribution < -0.4 is 25.4 Å². The number of amides is 6. The summed E-state index contributed by atoms with van der Waals surface area (Å²) in [4.78, 5) is 89.9. The van der Waals surface area contributed by atoms with Gasteiger partial charge in [-0.15, -0.1) is 6.42 Å². The lowest BCUT2D eigenvalue weighted by Crippen LogP contribution is -2.61. The van der Waals surface area contributed by atoms with Crippen LogP contribution in [0.4, 0.5) is 4.79 Å². The number of likely N-dealkylation sites (N-methyl/N-ethyl adjacent to an activating group) is 1. The number of ether oxygens (including phenoxy) is 2. The maximum atomic E-state index is 14.7. The number of likely N-dealkylation sites (tertiary alicyclic amines) is 1. The summed E-state index contributed by atoms with van der Waals surface area (Å²) in [6, 6.07) is 19.0. The number of rotatable bonds is 18. The van der Waals surface area contributed by atoms with Crippen LogP contribution in [-0.4, -0.2) is 116 Å². The number of azide groups is 1. The molecule has 4 aromatic rings. The smallest absolute Gasteiger partial charge is 0.410 e. The van der Waals surface area contributed by atoms with E-state index in [2.05, 4.69) is 36.6 Å². The van der Waals surface area contributed by atoms with Gasteiger partial charge in [0.05, 0.1) is 10.9 Å². The van der Waals surface area contributed by atoms with E-state index in [-0.39, 0.29) is 37.3 Å². The van der Waals surface area contributed by atoms with Crippen molar-refractivity contribution in [1.29, 1.82) is 0 Å². The summed E-state index contributed by atoms with van der Waals surface area (Å²) in [5.74, 6) is -1.34. The van der Waals surface area contributed by atoms with Crippen molar-refractivity contribution in [3.8, 4) is 18.1 Å². The Kier molecular flexibility index (Phi) is 17.8. The molecule has 6 atom stereocenters. The molecule has 6 amide bonds. The molecule has 20 heteroatoms. The van der Waals surface area contributed by atoms with E-state index in [0.717, 1.165) is 15.7 Å². The Balaban J connectivity index is 1.48. The molecule has 376 valence electrons. The van der Waals surface area contributed by atoms with E-state index in [9.17, 15) is 42.7 Å². The maximum absolute atomic E-state index is 14.7. The van der Waals surface area contributed by atoms with Crippen LogP contribution in [0.3, 0.4) is 0 Å². The van der Waals surface area contributed by atoms with E-state index in [4.69, 9.17) is 15.9 Å². The predicted octanol–water partition coefficient (Wildman–Crippen LogP) is 5.18. The van der Waals surface area contributed by atoms with E-state index in [0.29, 0.717) is 16.9 Å². The van der Waals surface area contributed by atoms with E-state index >= 15 is 0 Å². The van der Waals surface area contributed by atoms with Gasteiger partial charge in [-0.3, -0.25) is 28.9 Å². The largest absolute Gasteiger partial charge is 0.481 e. The molecule has 5 rings (SSSR count). The van der Waals surface area contributed by atoms with Crippen molar-refractivity contribution >= 4 is 56.4 Å². The zero-order chi connectivity index (χ0) is 52.3. The summed E-state index contributed by atoms with van der Waals surface area (Å²) in [6.07, 6.45) is 4.07. The van der Waals surface area contributed by atoms with Gasteiger partial charge in [-0.2, -0.15) is 0 Å². The van der Waals surface area contributed by atoms with Crippen molar-refractivity contribution in [2.45, 2.75) is 114 Å². The molecule has 1 aliphatic rings. The molecule has 19 nitrogen and oxygen atoms in total. The van der Waals surface area contributed by atoms with Gasteiger partial charge >= 0.3 is 6.09 Å². The highest BCUT2D eigenvalue weighted by Gasteiger charge is 2.46. The zero-order valence-electron chi connectivity index (χ0n) is 41.0. The Morgan fingerprint density at radius 3 is 2.06 bits per heavy atom. The number of carbonyl (C=O) groups excluding carboxylic acids is 6. The van der Waals surface area contributed by atoms with E-state index in [1.807, 2.05) is 36.4 Å². The molecule has 0 radical (unpaired) electrons. The van der Waals surface area contributed by atoms with Crippen molar-refractivity contribution in [1.82, 2.24) is 30.5 Å². The van der Waals surface area contributed by atoms with Crippen LogP contribution in [0.2, 0.25) is 0 Å². The second-order valence-corrected chi connectivity index (χ2v) is 21.0. The minimum atomic E-state index is -4.42. The van der Waals surface area contributed by atoms with Gasteiger partial charge < -0.3 is 30.3 Å². The highest BCUT2D eigenvalue weighted by molar-refractivity contribution is 7.90. The fourth-order valence-electron chi connectivity index (χ4n) is 7.71. The fourth-order valence-corrected chi connectivity index (χ4v) is 8.75. The highest BCUT2D eigenvalue weighted by atomic mass is 32.2. The number of carbonyl (C=O) groups is 6. The number of hydrogen-bond donors (Lipinski definition) is 4. The number of hydrogen-bond acceptors (Lipinski definition) is 11. The summed E-state index contributed by atoms with van der Waals surface area (Å²) >= 11 is 0. The molecule has 1 fully saturated rings. The van der Waals surface area contributed by atoms with Crippen LogP contribution in [0.5, 0.6) is 5.75 Å². The fraction of sp³-hybridized carbons (Fsp3) is 0.412. The normalized spacial score (nSPS) is 16.4. The van der Waals surface area contributed by atoms with Gasteiger partial charge in [-0.1, -0.05) is 105 Å². The average Bonchev–Trinajstić information content (AvgIpc) is 3.75. The van der Waals surface area contributed by atoms with Crippen molar-refractivity contribution < 1.29 is 46.7 Å². The quantitative estimate of drug-likeness (QED) is 0.0440. The highest BCUT2D eigenvalue weighted by Crippen LogP contribution is 2.28. The van der Waals surface area contributed by atoms with Crippen molar-refractivity contribution in [3.05, 3.63) is 119 Å². The Hall–Kier alpha value is -7.62. The predicted molar refractivity (Wildman–Crippen MR) is 266 cm³/mol. The van der Waals surface area contributed by atoms with Crippen molar-refractivity contribution in [2.75, 3.05) is 20.2 Å². The number of fused-ring (bicyclic) bond motifs is 1. The Morgan fingerprint density at radius 1 is 0.831 bits per heavy atom. The molecule has 0 unspecified atom stereocenters. The van der Waals surface area contributed by atoms with E-state index in [1.54, 1.807) is 77.9 Å². The molecule has 1 saturated heterocycles. The standard InChI is InChI=1S/C51H61N9O10S/c1-10-26-69-38-24-21-33(22-25-38)28-41(46(63)57-71(67,68)39-18-12-11-13-19-39)53-45(62)40(29-34-20-23-35-16-14-15-17-36(35)27-34)54-47(64)42-30-37(56-58-52)31-60(42)48(65)43(50(3,4)5)55-44(61)32(2)59(9)49(66)70-51(6,7)8/h1,11-25,27,32,37,40-43H,26,28-31H2,2-9H3,(H,53,62)(H,54,64)(H,55,61)(H,57,63)/t32-,37-,40-,41-,42-,43+/m0/s1. The number of terminal acetylenes is 1. The lowest BCUT2D eigenvalue weighted by molar-refractivity contribution is -0.145. The molecule has 1 aliphatic heterocycles. The minimum Gasteiger partial charge on any atom is -0.481 e. The molecular weight excluding hydrogens is 931 g/mol. The number of benzene rings is 4. The van der Waals surface area contributed by atoms with Gasteiger partial charge in [-0.05, 0) is 91.2 Å². The molecule has 1 heterocycles. The SMILES string of the molecule is C#CCOc1ccc(C[C@H](NC(=O)[C@H](Cc2ccc3ccccc3c2)NC(=O)[C@@H]2C[C@H](N=[N+]=[N-])CN2C(=O)[C@@H](NC(=O)[C@H](C)N(C)C(=O)OC(C)(C)C)C(C)(C)C)C(=O)NS(=O)(=O)c2ccccc2)cc1. The summed E-state index contributed by atoms with van der Waals surface area (Å²) < 4.78 is 39.8. The van der Waals surface area contributed by atoms with Gasteiger partial charge in [0.2, 0.25) is 23.6 Å². The molecule has 0 aromatic heterocycles. The van der Waals surface area contributed by atoms with Crippen LogP contribution in [0.15, 0.2) is 107 Å². The number of sulfonamides is 1. The van der Waals surface area contributed by atoms with Gasteiger partial charge in [0.1, 0.15) is 48.2 Å². The number of nitrogens with one attached hydrogen (secondary N) is 4. The third-order valence-electron chi connectivity index (χ3n) is 11.6. The van der Waals surface area contributed by atoms with E-state index in [1.165, 1.54) is 43.1 Å². The van der Waals surface area contributed by atoms with Crippen molar-refractivity contribution in [3.63, 3.8) is 0 Å². The molecule has 4 N–H and O–H groups in total. The Morgan fingerprint density at radius 2 is 1.44 bits per heavy atom. The summed E-state index contributed by atoms with van der Waals surface area (Å²) in [5.41, 5.74) is 8.75. The molecule has 0 bridgehead atoms. The lowest BCUT2D eigenvalue weighted by Gasteiger charge is -2.37. The maximum Gasteiger partial charge on any atom is 0.410 e. The number of nitrogens with zero attached hydrogens (tertiary/aromatic N) is 5. The monoisotopic (exact) mass is 991 g/mol. The molecule has 0 aliphatic carbocycles. The Labute approximate surface area is 414 Å². The van der Waals surface area contributed by atoms with Crippen LogP contribution in [-0.2, 0) is 51.6 Å². The second kappa shape index (κ2) is 23.3. The van der Waals surface area contributed by atoms with Crippen LogP contribution in [0.1, 0.15) is 66.0 Å². The first kappa shape index (κ1) is 54.3. The molecule has 0 saturated carbocycles. The van der Waals surface area contributed by atoms with Gasteiger partial charge in [-0.25, -0.2) is 17.9 Å². The lowest BCUT2D eigenvalue weighted by atomic mass is 9.85. The van der Waals surface area contributed by atoms with Crippen molar-refractivity contribution in [2.24, 2.45) is 10.5 Å². The first-order valence-electron chi connectivity index (χ1n) is 22.9. The van der Waals surface area contributed by atoms with Crippen LogP contribution in [0.25, 0.3) is 21.2 Å². The topological polar surface area (TPSA) is 258 Å². The molecule has 71 heavy (non-hydrogen) atoms. The van der Waals surface area contributed by atoms with Gasteiger partial charge in [0, 0.05) is 31.3 Å². The summed E-state index contributed by atoms with van der Waals surface area (Å²) in [5, 5.41) is 13.8. The average molecular weight is 992 g/mol. The molecule has 0 spiro atoms. The summed E-state index contributed by atoms with van der Waals surface area (Å²) in [7, 11) is -3.03.